The first-order chi connectivity index (χ1) is 8.00. The fourth-order valence-electron chi connectivity index (χ4n) is 1.85. The normalized spacial score (nSPS) is 19.4. The van der Waals surface area contributed by atoms with Gasteiger partial charge in [0.15, 0.2) is 0 Å². The molecular formula is C11H15ClN2O2S. The van der Waals surface area contributed by atoms with Gasteiger partial charge in [0, 0.05) is 24.2 Å². The molecule has 0 bridgehead atoms. The Kier molecular flexibility index (Phi) is 3.61. The van der Waals surface area contributed by atoms with Gasteiger partial charge in [0.05, 0.1) is 4.90 Å². The van der Waals surface area contributed by atoms with E-state index in [2.05, 4.69) is 0 Å². The van der Waals surface area contributed by atoms with E-state index in [0.29, 0.717) is 36.5 Å². The van der Waals surface area contributed by atoms with E-state index in [-0.39, 0.29) is 5.38 Å². The fraction of sp³-hybridized carbons (Fsp3) is 0.455. The summed E-state index contributed by atoms with van der Waals surface area (Å²) in [6, 6.07) is 6.28. The number of alkyl halides is 1. The fourth-order valence-corrected chi connectivity index (χ4v) is 3.52. The summed E-state index contributed by atoms with van der Waals surface area (Å²) in [7, 11) is -3.38. The third kappa shape index (κ3) is 2.73. The zero-order chi connectivity index (χ0) is 12.5. The number of benzene rings is 1. The van der Waals surface area contributed by atoms with E-state index in [1.807, 2.05) is 0 Å². The van der Waals surface area contributed by atoms with Crippen LogP contribution < -0.4 is 5.73 Å². The molecule has 0 radical (unpaired) electrons. The highest BCUT2D eigenvalue weighted by Gasteiger charge is 2.28. The number of rotatable bonds is 2. The molecule has 1 aliphatic rings. The maximum Gasteiger partial charge on any atom is 0.243 e. The van der Waals surface area contributed by atoms with Crippen LogP contribution in [-0.2, 0) is 10.0 Å². The molecule has 0 unspecified atom stereocenters. The molecule has 94 valence electrons. The molecule has 6 heteroatoms. The largest absolute Gasteiger partial charge is 0.399 e. The number of nitrogens with zero attached hydrogens (tertiary/aromatic N) is 1. The Morgan fingerprint density at radius 2 is 1.71 bits per heavy atom. The van der Waals surface area contributed by atoms with E-state index >= 15 is 0 Å². The van der Waals surface area contributed by atoms with Crippen LogP contribution in [0.25, 0.3) is 0 Å². The molecule has 0 amide bonds. The van der Waals surface area contributed by atoms with Crippen LogP contribution in [0.3, 0.4) is 0 Å². The molecule has 0 atom stereocenters. The van der Waals surface area contributed by atoms with Crippen LogP contribution >= 0.6 is 11.6 Å². The van der Waals surface area contributed by atoms with Gasteiger partial charge in [0.1, 0.15) is 0 Å². The Hall–Kier alpha value is -0.780. The van der Waals surface area contributed by atoms with Crippen molar-refractivity contribution < 1.29 is 8.42 Å². The van der Waals surface area contributed by atoms with Crippen LogP contribution in [0.2, 0.25) is 0 Å². The average molecular weight is 275 g/mol. The predicted molar refractivity (Wildman–Crippen MR) is 68.5 cm³/mol. The number of sulfonamides is 1. The number of anilines is 1. The highest BCUT2D eigenvalue weighted by molar-refractivity contribution is 7.89. The van der Waals surface area contributed by atoms with Crippen LogP contribution in [0.4, 0.5) is 5.69 Å². The van der Waals surface area contributed by atoms with E-state index in [1.165, 1.54) is 16.4 Å². The van der Waals surface area contributed by atoms with E-state index in [1.54, 1.807) is 12.1 Å². The molecule has 17 heavy (non-hydrogen) atoms. The van der Waals surface area contributed by atoms with Gasteiger partial charge in [-0.2, -0.15) is 4.31 Å². The lowest BCUT2D eigenvalue weighted by atomic mass is 10.2. The lowest BCUT2D eigenvalue weighted by Gasteiger charge is -2.28. The quantitative estimate of drug-likeness (QED) is 0.659. The Bertz CT molecular complexity index is 479. The summed E-state index contributed by atoms with van der Waals surface area (Å²) in [6.45, 7) is 0.974. The molecule has 1 aliphatic heterocycles. The van der Waals surface area contributed by atoms with Crippen LogP contribution in [0.15, 0.2) is 29.2 Å². The number of nitrogen functional groups attached to an aromatic ring is 1. The predicted octanol–water partition coefficient (Wildman–Crippen LogP) is 1.66. The summed E-state index contributed by atoms with van der Waals surface area (Å²) < 4.78 is 26.0. The Labute approximate surface area is 106 Å². The molecule has 1 fully saturated rings. The maximum atomic E-state index is 12.2. The minimum Gasteiger partial charge on any atom is -0.399 e. The molecule has 1 heterocycles. The van der Waals surface area contributed by atoms with Gasteiger partial charge >= 0.3 is 0 Å². The molecule has 1 aromatic rings. The van der Waals surface area contributed by atoms with Crippen molar-refractivity contribution in [2.45, 2.75) is 23.1 Å². The standard InChI is InChI=1S/C11H15ClN2O2S/c12-9-5-7-14(8-6-9)17(15,16)11-3-1-10(13)2-4-11/h1-4,9H,5-8,13H2. The lowest BCUT2D eigenvalue weighted by Crippen LogP contribution is -2.38. The second-order valence-electron chi connectivity index (χ2n) is 4.15. The van der Waals surface area contributed by atoms with Crippen molar-refractivity contribution in [3.05, 3.63) is 24.3 Å². The average Bonchev–Trinajstić information content (AvgIpc) is 2.30. The molecule has 0 aliphatic carbocycles. The summed E-state index contributed by atoms with van der Waals surface area (Å²) in [5.74, 6) is 0. The molecule has 2 N–H and O–H groups in total. The van der Waals surface area contributed by atoms with E-state index in [4.69, 9.17) is 17.3 Å². The first-order valence-corrected chi connectivity index (χ1v) is 7.37. The van der Waals surface area contributed by atoms with E-state index < -0.39 is 10.0 Å². The molecule has 1 aromatic carbocycles. The molecule has 0 spiro atoms. The van der Waals surface area contributed by atoms with Gasteiger partial charge in [0.25, 0.3) is 0 Å². The van der Waals surface area contributed by atoms with Crippen LogP contribution in [0, 0.1) is 0 Å². The van der Waals surface area contributed by atoms with E-state index in [0.717, 1.165) is 0 Å². The van der Waals surface area contributed by atoms with Gasteiger partial charge in [-0.05, 0) is 37.1 Å². The second kappa shape index (κ2) is 4.84. The number of nitrogens with two attached hydrogens (primary N) is 1. The van der Waals surface area contributed by atoms with Crippen molar-refractivity contribution in [1.29, 1.82) is 0 Å². The number of hydrogen-bond donors (Lipinski definition) is 1. The number of piperidine rings is 1. The second-order valence-corrected chi connectivity index (χ2v) is 6.70. The highest BCUT2D eigenvalue weighted by atomic mass is 35.5. The smallest absolute Gasteiger partial charge is 0.243 e. The zero-order valence-electron chi connectivity index (χ0n) is 9.34. The van der Waals surface area contributed by atoms with Crippen molar-refractivity contribution in [3.8, 4) is 0 Å². The third-order valence-electron chi connectivity index (χ3n) is 2.90. The van der Waals surface area contributed by atoms with Crippen molar-refractivity contribution in [2.75, 3.05) is 18.8 Å². The molecule has 0 saturated carbocycles. The zero-order valence-corrected chi connectivity index (χ0v) is 10.9. The van der Waals surface area contributed by atoms with Crippen LogP contribution in [0.5, 0.6) is 0 Å². The Balaban J connectivity index is 2.21. The Morgan fingerprint density at radius 3 is 2.24 bits per heavy atom. The SMILES string of the molecule is Nc1ccc(S(=O)(=O)N2CCC(Cl)CC2)cc1. The lowest BCUT2D eigenvalue weighted by molar-refractivity contribution is 0.350. The van der Waals surface area contributed by atoms with Crippen LogP contribution in [0.1, 0.15) is 12.8 Å². The third-order valence-corrected chi connectivity index (χ3v) is 5.25. The summed E-state index contributed by atoms with van der Waals surface area (Å²) >= 11 is 5.96. The van der Waals surface area contributed by atoms with Gasteiger partial charge in [-0.15, -0.1) is 11.6 Å². The first-order valence-electron chi connectivity index (χ1n) is 5.50. The molecule has 1 saturated heterocycles. The number of hydrogen-bond acceptors (Lipinski definition) is 3. The summed E-state index contributed by atoms with van der Waals surface area (Å²) in [5.41, 5.74) is 6.10. The first kappa shape index (κ1) is 12.7. The monoisotopic (exact) mass is 274 g/mol. The van der Waals surface area contributed by atoms with E-state index in [9.17, 15) is 8.42 Å². The molecular weight excluding hydrogens is 260 g/mol. The highest BCUT2D eigenvalue weighted by Crippen LogP contribution is 2.23. The summed E-state index contributed by atoms with van der Waals surface area (Å²) in [5, 5.41) is 0.0906. The summed E-state index contributed by atoms with van der Waals surface area (Å²) in [6.07, 6.45) is 1.41. The van der Waals surface area contributed by atoms with Crippen molar-refractivity contribution >= 4 is 27.3 Å². The topological polar surface area (TPSA) is 63.4 Å². The van der Waals surface area contributed by atoms with Crippen molar-refractivity contribution in [1.82, 2.24) is 4.31 Å². The van der Waals surface area contributed by atoms with Gasteiger partial charge in [-0.25, -0.2) is 8.42 Å². The van der Waals surface area contributed by atoms with Crippen molar-refractivity contribution in [2.24, 2.45) is 0 Å². The maximum absolute atomic E-state index is 12.2. The minimum absolute atomic E-state index is 0.0906. The van der Waals surface area contributed by atoms with Crippen LogP contribution in [-0.4, -0.2) is 31.2 Å². The van der Waals surface area contributed by atoms with Gasteiger partial charge in [0.2, 0.25) is 10.0 Å². The van der Waals surface area contributed by atoms with Crippen molar-refractivity contribution in [3.63, 3.8) is 0 Å². The Morgan fingerprint density at radius 1 is 1.18 bits per heavy atom. The molecule has 0 aromatic heterocycles. The van der Waals surface area contributed by atoms with Gasteiger partial charge in [-0.3, -0.25) is 0 Å². The van der Waals surface area contributed by atoms with Gasteiger partial charge < -0.3 is 5.73 Å². The van der Waals surface area contributed by atoms with Gasteiger partial charge in [-0.1, -0.05) is 0 Å². The minimum atomic E-state index is -3.38. The summed E-state index contributed by atoms with van der Waals surface area (Å²) in [4.78, 5) is 0.291. The number of halogens is 1. The molecule has 2 rings (SSSR count). The molecule has 4 nitrogen and oxygen atoms in total.